The molecule has 1 aromatic carbocycles. The van der Waals surface area contributed by atoms with Crippen LogP contribution in [0.1, 0.15) is 26.2 Å². The standard InChI is InChI=1S/C14H17NO3/c1-2-6-11-9-12(14(17)18-11)13(16)15-10-7-4-3-5-8-10/h3-5,7-8,11-12H,2,6,9H2,1H3,(H,15,16)/t11-,12+/m0/s1. The number of benzene rings is 1. The first kappa shape index (κ1) is 12.6. The van der Waals surface area contributed by atoms with E-state index in [0.29, 0.717) is 12.1 Å². The molecule has 0 radical (unpaired) electrons. The van der Waals surface area contributed by atoms with E-state index in [4.69, 9.17) is 4.74 Å². The maximum Gasteiger partial charge on any atom is 0.318 e. The number of carbonyl (C=O) groups is 2. The van der Waals surface area contributed by atoms with E-state index < -0.39 is 11.9 Å². The van der Waals surface area contributed by atoms with Crippen molar-refractivity contribution in [1.82, 2.24) is 0 Å². The molecule has 0 saturated carbocycles. The second kappa shape index (κ2) is 5.67. The molecule has 18 heavy (non-hydrogen) atoms. The second-order valence-corrected chi connectivity index (χ2v) is 4.49. The van der Waals surface area contributed by atoms with Gasteiger partial charge in [0, 0.05) is 12.1 Å². The minimum absolute atomic E-state index is 0.103. The molecule has 1 aliphatic rings. The summed E-state index contributed by atoms with van der Waals surface area (Å²) in [7, 11) is 0. The van der Waals surface area contributed by atoms with Crippen molar-refractivity contribution >= 4 is 17.6 Å². The van der Waals surface area contributed by atoms with Crippen molar-refractivity contribution < 1.29 is 14.3 Å². The molecule has 1 saturated heterocycles. The number of cyclic esters (lactones) is 1. The van der Waals surface area contributed by atoms with Gasteiger partial charge in [-0.05, 0) is 18.6 Å². The molecule has 2 atom stereocenters. The zero-order valence-corrected chi connectivity index (χ0v) is 10.4. The number of anilines is 1. The zero-order valence-electron chi connectivity index (χ0n) is 10.4. The maximum absolute atomic E-state index is 12.0. The van der Waals surface area contributed by atoms with Crippen molar-refractivity contribution in [3.8, 4) is 0 Å². The van der Waals surface area contributed by atoms with Crippen molar-refractivity contribution in [2.75, 3.05) is 5.32 Å². The monoisotopic (exact) mass is 247 g/mol. The number of hydrogen-bond donors (Lipinski definition) is 1. The van der Waals surface area contributed by atoms with Crippen molar-refractivity contribution in [3.05, 3.63) is 30.3 Å². The number of nitrogens with one attached hydrogen (secondary N) is 1. The number of ether oxygens (including phenoxy) is 1. The van der Waals surface area contributed by atoms with Gasteiger partial charge in [-0.25, -0.2) is 0 Å². The van der Waals surface area contributed by atoms with Gasteiger partial charge in [0.15, 0.2) is 0 Å². The van der Waals surface area contributed by atoms with Gasteiger partial charge in [0.2, 0.25) is 5.91 Å². The first-order valence-corrected chi connectivity index (χ1v) is 6.27. The summed E-state index contributed by atoms with van der Waals surface area (Å²) in [6.07, 6.45) is 2.16. The van der Waals surface area contributed by atoms with Gasteiger partial charge >= 0.3 is 5.97 Å². The largest absolute Gasteiger partial charge is 0.462 e. The van der Waals surface area contributed by atoms with Crippen molar-refractivity contribution in [2.45, 2.75) is 32.3 Å². The lowest BCUT2D eigenvalue weighted by Gasteiger charge is -2.07. The molecular weight excluding hydrogens is 230 g/mol. The fourth-order valence-electron chi connectivity index (χ4n) is 2.12. The Balaban J connectivity index is 1.96. The van der Waals surface area contributed by atoms with Gasteiger partial charge in [-0.1, -0.05) is 31.5 Å². The smallest absolute Gasteiger partial charge is 0.318 e. The van der Waals surface area contributed by atoms with Crippen LogP contribution in [-0.4, -0.2) is 18.0 Å². The number of carbonyl (C=O) groups excluding carboxylic acids is 2. The number of hydrogen-bond acceptors (Lipinski definition) is 3. The van der Waals surface area contributed by atoms with Gasteiger partial charge in [-0.15, -0.1) is 0 Å². The van der Waals surface area contributed by atoms with Crippen LogP contribution >= 0.6 is 0 Å². The Kier molecular flexibility index (Phi) is 3.97. The molecule has 1 fully saturated rings. The third-order valence-electron chi connectivity index (χ3n) is 3.03. The molecule has 96 valence electrons. The highest BCUT2D eigenvalue weighted by molar-refractivity contribution is 6.05. The molecule has 0 spiro atoms. The van der Waals surface area contributed by atoms with E-state index in [1.807, 2.05) is 25.1 Å². The van der Waals surface area contributed by atoms with Crippen LogP contribution in [0.25, 0.3) is 0 Å². The van der Waals surface area contributed by atoms with Crippen LogP contribution in [0.3, 0.4) is 0 Å². The Hall–Kier alpha value is -1.84. The van der Waals surface area contributed by atoms with Crippen LogP contribution in [0.4, 0.5) is 5.69 Å². The van der Waals surface area contributed by atoms with Crippen LogP contribution in [0.5, 0.6) is 0 Å². The second-order valence-electron chi connectivity index (χ2n) is 4.49. The normalized spacial score (nSPS) is 22.6. The molecule has 0 aromatic heterocycles. The van der Waals surface area contributed by atoms with Gasteiger partial charge in [0.1, 0.15) is 12.0 Å². The fourth-order valence-corrected chi connectivity index (χ4v) is 2.12. The summed E-state index contributed by atoms with van der Waals surface area (Å²) in [6.45, 7) is 2.03. The first-order chi connectivity index (χ1) is 8.70. The summed E-state index contributed by atoms with van der Waals surface area (Å²) in [5.74, 6) is -1.34. The van der Waals surface area contributed by atoms with Gasteiger partial charge in [-0.2, -0.15) is 0 Å². The van der Waals surface area contributed by atoms with E-state index in [9.17, 15) is 9.59 Å². The predicted octanol–water partition coefficient (Wildman–Crippen LogP) is 2.36. The molecular formula is C14H17NO3. The minimum Gasteiger partial charge on any atom is -0.462 e. The molecule has 1 aliphatic heterocycles. The van der Waals surface area contributed by atoms with Crippen LogP contribution in [0, 0.1) is 5.92 Å². The third kappa shape index (κ3) is 2.88. The number of rotatable bonds is 4. The summed E-state index contributed by atoms with van der Waals surface area (Å²) < 4.78 is 5.17. The highest BCUT2D eigenvalue weighted by Crippen LogP contribution is 2.25. The Morgan fingerprint density at radius 2 is 2.11 bits per heavy atom. The van der Waals surface area contributed by atoms with Crippen molar-refractivity contribution in [1.29, 1.82) is 0 Å². The first-order valence-electron chi connectivity index (χ1n) is 6.27. The molecule has 0 bridgehead atoms. The van der Waals surface area contributed by atoms with Crippen LogP contribution in [0.15, 0.2) is 30.3 Å². The number of amides is 1. The molecule has 0 aliphatic carbocycles. The average molecular weight is 247 g/mol. The SMILES string of the molecule is CCC[C@H]1C[C@H](C(=O)Nc2ccccc2)C(=O)O1. The Morgan fingerprint density at radius 1 is 1.39 bits per heavy atom. The van der Waals surface area contributed by atoms with E-state index >= 15 is 0 Å². The fraction of sp³-hybridized carbons (Fsp3) is 0.429. The van der Waals surface area contributed by atoms with Gasteiger partial charge in [0.05, 0.1) is 0 Å². The van der Waals surface area contributed by atoms with E-state index in [0.717, 1.165) is 12.8 Å². The molecule has 4 nitrogen and oxygen atoms in total. The summed E-state index contributed by atoms with van der Waals surface area (Å²) >= 11 is 0. The van der Waals surface area contributed by atoms with Crippen LogP contribution < -0.4 is 5.32 Å². The molecule has 1 heterocycles. The third-order valence-corrected chi connectivity index (χ3v) is 3.03. The van der Waals surface area contributed by atoms with Crippen LogP contribution in [0.2, 0.25) is 0 Å². The zero-order chi connectivity index (χ0) is 13.0. The molecule has 1 amide bonds. The Bertz CT molecular complexity index is 430. The predicted molar refractivity (Wildman–Crippen MR) is 68.0 cm³/mol. The van der Waals surface area contributed by atoms with E-state index in [1.165, 1.54) is 0 Å². The molecule has 1 aromatic rings. The summed E-state index contributed by atoms with van der Waals surface area (Å²) in [6, 6.07) is 9.13. The molecule has 2 rings (SSSR count). The Morgan fingerprint density at radius 3 is 2.78 bits per heavy atom. The average Bonchev–Trinajstić information content (AvgIpc) is 2.72. The molecule has 0 unspecified atom stereocenters. The van der Waals surface area contributed by atoms with Crippen molar-refractivity contribution in [2.24, 2.45) is 5.92 Å². The van der Waals surface area contributed by atoms with Gasteiger partial charge in [0.25, 0.3) is 0 Å². The molecule has 4 heteroatoms. The quantitative estimate of drug-likeness (QED) is 0.656. The lowest BCUT2D eigenvalue weighted by Crippen LogP contribution is -2.26. The number of para-hydroxylation sites is 1. The van der Waals surface area contributed by atoms with E-state index in [2.05, 4.69) is 5.32 Å². The summed E-state index contributed by atoms with van der Waals surface area (Å²) in [5, 5.41) is 2.74. The number of esters is 1. The van der Waals surface area contributed by atoms with Crippen LogP contribution in [-0.2, 0) is 14.3 Å². The van der Waals surface area contributed by atoms with E-state index in [1.54, 1.807) is 12.1 Å². The van der Waals surface area contributed by atoms with Gasteiger partial charge in [-0.3, -0.25) is 9.59 Å². The van der Waals surface area contributed by atoms with Gasteiger partial charge < -0.3 is 10.1 Å². The minimum atomic E-state index is -0.665. The lowest BCUT2D eigenvalue weighted by molar-refractivity contribution is -0.146. The maximum atomic E-state index is 12.0. The highest BCUT2D eigenvalue weighted by atomic mass is 16.6. The Labute approximate surface area is 106 Å². The molecule has 1 N–H and O–H groups in total. The topological polar surface area (TPSA) is 55.4 Å². The van der Waals surface area contributed by atoms with E-state index in [-0.39, 0.29) is 12.0 Å². The summed E-state index contributed by atoms with van der Waals surface area (Å²) in [4.78, 5) is 23.6. The summed E-state index contributed by atoms with van der Waals surface area (Å²) in [5.41, 5.74) is 0.703. The highest BCUT2D eigenvalue weighted by Gasteiger charge is 2.38. The van der Waals surface area contributed by atoms with Crippen molar-refractivity contribution in [3.63, 3.8) is 0 Å². The lowest BCUT2D eigenvalue weighted by atomic mass is 10.0.